The molecule has 9 heteroatoms. The number of hydrogen-bond donors (Lipinski definition) is 1. The van der Waals surface area contributed by atoms with Crippen molar-refractivity contribution in [1.82, 2.24) is 10.2 Å². The van der Waals surface area contributed by atoms with Gasteiger partial charge in [-0.05, 0) is 30.3 Å². The monoisotopic (exact) mass is 383 g/mol. The standard InChI is InChI=1S/C17H13ClF3N3O2/c18-11-6-7-14(13(8-11)17(19,20)21)22-9-15-23-24-16(26-15)10-25-12-4-2-1-3-5-12/h1-8,22H,9-10H2. The van der Waals surface area contributed by atoms with E-state index >= 15 is 0 Å². The topological polar surface area (TPSA) is 60.2 Å². The Hall–Kier alpha value is -2.74. The predicted octanol–water partition coefficient (Wildman–Crippen LogP) is 4.93. The molecule has 0 amide bonds. The molecule has 5 nitrogen and oxygen atoms in total. The largest absolute Gasteiger partial charge is 0.484 e. The SMILES string of the molecule is FC(F)(F)c1cc(Cl)ccc1NCc1nnc(COc2ccccc2)o1. The zero-order valence-electron chi connectivity index (χ0n) is 13.3. The molecule has 26 heavy (non-hydrogen) atoms. The van der Waals surface area contributed by atoms with Crippen molar-refractivity contribution in [2.24, 2.45) is 0 Å². The maximum atomic E-state index is 13.1. The van der Waals surface area contributed by atoms with Gasteiger partial charge in [-0.15, -0.1) is 10.2 Å². The summed E-state index contributed by atoms with van der Waals surface area (Å²) in [6.07, 6.45) is -4.53. The van der Waals surface area contributed by atoms with Crippen LogP contribution in [0.15, 0.2) is 52.9 Å². The average molecular weight is 384 g/mol. The van der Waals surface area contributed by atoms with Crippen LogP contribution >= 0.6 is 11.6 Å². The first-order valence-electron chi connectivity index (χ1n) is 7.51. The van der Waals surface area contributed by atoms with Crippen LogP contribution in [0.5, 0.6) is 5.75 Å². The van der Waals surface area contributed by atoms with Crippen LogP contribution in [0.1, 0.15) is 17.3 Å². The number of halogens is 4. The molecule has 2 aromatic carbocycles. The predicted molar refractivity (Wildman–Crippen MR) is 88.9 cm³/mol. The summed E-state index contributed by atoms with van der Waals surface area (Å²) in [6.45, 7) is -0.00515. The lowest BCUT2D eigenvalue weighted by Crippen LogP contribution is -2.11. The molecule has 0 atom stereocenters. The molecule has 1 aromatic heterocycles. The second kappa shape index (κ2) is 7.65. The van der Waals surface area contributed by atoms with Crippen LogP contribution in [0.2, 0.25) is 5.02 Å². The minimum atomic E-state index is -4.53. The molecule has 3 aromatic rings. The van der Waals surface area contributed by atoms with Gasteiger partial charge in [0.15, 0.2) is 6.61 Å². The van der Waals surface area contributed by atoms with E-state index in [0.29, 0.717) is 5.75 Å². The van der Waals surface area contributed by atoms with E-state index in [1.165, 1.54) is 12.1 Å². The number of ether oxygens (including phenoxy) is 1. The molecule has 3 rings (SSSR count). The molecular formula is C17H13ClF3N3O2. The second-order valence-corrected chi connectivity index (χ2v) is 5.67. The van der Waals surface area contributed by atoms with Crippen molar-refractivity contribution in [3.8, 4) is 5.75 Å². The Labute approximate surface area is 151 Å². The lowest BCUT2D eigenvalue weighted by atomic mass is 10.1. The van der Waals surface area contributed by atoms with Crippen molar-refractivity contribution in [2.45, 2.75) is 19.3 Å². The summed E-state index contributed by atoms with van der Waals surface area (Å²) in [6, 6.07) is 12.5. The van der Waals surface area contributed by atoms with Crippen LogP contribution in [0.4, 0.5) is 18.9 Å². The maximum absolute atomic E-state index is 13.1. The number of benzene rings is 2. The van der Waals surface area contributed by atoms with E-state index in [1.807, 2.05) is 18.2 Å². The Morgan fingerprint density at radius 2 is 1.77 bits per heavy atom. The van der Waals surface area contributed by atoms with Gasteiger partial charge in [-0.2, -0.15) is 13.2 Å². The number of alkyl halides is 3. The number of rotatable bonds is 6. The van der Waals surface area contributed by atoms with E-state index in [1.54, 1.807) is 12.1 Å². The Morgan fingerprint density at radius 3 is 2.50 bits per heavy atom. The maximum Gasteiger partial charge on any atom is 0.418 e. The van der Waals surface area contributed by atoms with Gasteiger partial charge in [0.05, 0.1) is 12.1 Å². The average Bonchev–Trinajstić information content (AvgIpc) is 3.07. The van der Waals surface area contributed by atoms with E-state index in [2.05, 4.69) is 15.5 Å². The number of para-hydroxylation sites is 1. The van der Waals surface area contributed by atoms with Crippen LogP contribution in [0.3, 0.4) is 0 Å². The van der Waals surface area contributed by atoms with Gasteiger partial charge in [-0.1, -0.05) is 29.8 Å². The molecule has 0 aliphatic carbocycles. The van der Waals surface area contributed by atoms with E-state index < -0.39 is 11.7 Å². The molecular weight excluding hydrogens is 371 g/mol. The Bertz CT molecular complexity index is 869. The quantitative estimate of drug-likeness (QED) is 0.653. The van der Waals surface area contributed by atoms with Crippen LogP contribution in [0, 0.1) is 0 Å². The van der Waals surface area contributed by atoms with Gasteiger partial charge >= 0.3 is 6.18 Å². The number of nitrogens with zero attached hydrogens (tertiary/aromatic N) is 2. The molecule has 0 unspecified atom stereocenters. The zero-order chi connectivity index (χ0) is 18.6. The molecule has 0 saturated heterocycles. The van der Waals surface area contributed by atoms with Crippen molar-refractivity contribution in [2.75, 3.05) is 5.32 Å². The van der Waals surface area contributed by atoms with Crippen molar-refractivity contribution in [1.29, 1.82) is 0 Å². The van der Waals surface area contributed by atoms with Crippen LogP contribution in [-0.2, 0) is 19.3 Å². The molecule has 1 N–H and O–H groups in total. The third kappa shape index (κ3) is 4.66. The fourth-order valence-corrected chi connectivity index (χ4v) is 2.33. The molecule has 1 heterocycles. The van der Waals surface area contributed by atoms with Crippen LogP contribution in [-0.4, -0.2) is 10.2 Å². The summed E-state index contributed by atoms with van der Waals surface area (Å²) in [4.78, 5) is 0. The van der Waals surface area contributed by atoms with E-state index in [0.717, 1.165) is 6.07 Å². The van der Waals surface area contributed by atoms with Crippen LogP contribution in [0.25, 0.3) is 0 Å². The molecule has 0 aliphatic rings. The van der Waals surface area contributed by atoms with Gasteiger partial charge in [0, 0.05) is 10.7 Å². The summed E-state index contributed by atoms with van der Waals surface area (Å²) in [5.74, 6) is 0.999. The molecule has 0 radical (unpaired) electrons. The highest BCUT2D eigenvalue weighted by molar-refractivity contribution is 6.30. The van der Waals surface area contributed by atoms with Crippen LogP contribution < -0.4 is 10.1 Å². The molecule has 0 bridgehead atoms. The van der Waals surface area contributed by atoms with Gasteiger partial charge in [0.25, 0.3) is 5.89 Å². The fourth-order valence-electron chi connectivity index (χ4n) is 2.16. The molecule has 0 fully saturated rings. The first-order valence-corrected chi connectivity index (χ1v) is 7.89. The van der Waals surface area contributed by atoms with Crippen molar-refractivity contribution >= 4 is 17.3 Å². The van der Waals surface area contributed by atoms with Gasteiger partial charge < -0.3 is 14.5 Å². The van der Waals surface area contributed by atoms with Crippen molar-refractivity contribution in [3.63, 3.8) is 0 Å². The number of anilines is 1. The highest BCUT2D eigenvalue weighted by atomic mass is 35.5. The Balaban J connectivity index is 1.62. The number of aromatic nitrogens is 2. The van der Waals surface area contributed by atoms with Gasteiger partial charge in [-0.3, -0.25) is 0 Å². The Morgan fingerprint density at radius 1 is 1.04 bits per heavy atom. The van der Waals surface area contributed by atoms with E-state index in [9.17, 15) is 13.2 Å². The zero-order valence-corrected chi connectivity index (χ0v) is 14.0. The van der Waals surface area contributed by atoms with Crippen molar-refractivity contribution < 1.29 is 22.3 Å². The smallest absolute Gasteiger partial charge is 0.418 e. The van der Waals surface area contributed by atoms with Crippen molar-refractivity contribution in [3.05, 3.63) is 70.9 Å². The first-order chi connectivity index (χ1) is 12.4. The molecule has 136 valence electrons. The first kappa shape index (κ1) is 18.1. The summed E-state index contributed by atoms with van der Waals surface area (Å²) >= 11 is 5.65. The van der Waals surface area contributed by atoms with Gasteiger partial charge in [0.1, 0.15) is 5.75 Å². The van der Waals surface area contributed by atoms with Gasteiger partial charge in [-0.25, -0.2) is 0 Å². The molecule has 0 aliphatic heterocycles. The second-order valence-electron chi connectivity index (χ2n) is 5.23. The summed E-state index contributed by atoms with van der Waals surface area (Å²) < 4.78 is 50.0. The molecule has 0 spiro atoms. The lowest BCUT2D eigenvalue weighted by Gasteiger charge is -2.13. The molecule has 0 saturated carbocycles. The Kier molecular flexibility index (Phi) is 5.32. The highest BCUT2D eigenvalue weighted by Crippen LogP contribution is 2.36. The minimum Gasteiger partial charge on any atom is -0.484 e. The fraction of sp³-hybridized carbons (Fsp3) is 0.176. The normalized spacial score (nSPS) is 11.4. The number of nitrogens with one attached hydrogen (secondary N) is 1. The highest BCUT2D eigenvalue weighted by Gasteiger charge is 2.33. The lowest BCUT2D eigenvalue weighted by molar-refractivity contribution is -0.137. The third-order valence-electron chi connectivity index (χ3n) is 3.33. The minimum absolute atomic E-state index is 0.000937. The van der Waals surface area contributed by atoms with E-state index in [-0.39, 0.29) is 35.6 Å². The van der Waals surface area contributed by atoms with Gasteiger partial charge in [0.2, 0.25) is 5.89 Å². The summed E-state index contributed by atoms with van der Waals surface area (Å²) in [5, 5.41) is 10.2. The summed E-state index contributed by atoms with van der Waals surface area (Å²) in [5.41, 5.74) is -0.987. The summed E-state index contributed by atoms with van der Waals surface area (Å²) in [7, 11) is 0. The van der Waals surface area contributed by atoms with E-state index in [4.69, 9.17) is 20.8 Å². The third-order valence-corrected chi connectivity index (χ3v) is 3.57. The number of hydrogen-bond acceptors (Lipinski definition) is 5.